The monoisotopic (exact) mass is 265 g/mol. The summed E-state index contributed by atoms with van der Waals surface area (Å²) in [7, 11) is 0. The number of thioether (sulfide) groups is 1. The maximum absolute atomic E-state index is 6.08. The lowest BCUT2D eigenvalue weighted by Gasteiger charge is -2.05. The zero-order valence-corrected chi connectivity index (χ0v) is 10.6. The molecule has 4 N–H and O–H groups in total. The van der Waals surface area contributed by atoms with Crippen molar-refractivity contribution < 1.29 is 0 Å². The largest absolute Gasteiger partial charge is 0.399 e. The van der Waals surface area contributed by atoms with E-state index < -0.39 is 0 Å². The van der Waals surface area contributed by atoms with E-state index in [2.05, 4.69) is 4.98 Å². The van der Waals surface area contributed by atoms with Crippen molar-refractivity contribution >= 4 is 34.9 Å². The zero-order valence-electron chi connectivity index (χ0n) is 9.06. The molecule has 1 aromatic carbocycles. The van der Waals surface area contributed by atoms with Crippen LogP contribution in [0.1, 0.15) is 5.56 Å². The van der Waals surface area contributed by atoms with Crippen molar-refractivity contribution in [2.24, 2.45) is 0 Å². The van der Waals surface area contributed by atoms with Crippen molar-refractivity contribution in [3.8, 4) is 0 Å². The second-order valence-corrected chi connectivity index (χ2v) is 4.99. The minimum atomic E-state index is 0.532. The predicted octanol–water partition coefficient (Wildman–Crippen LogP) is 3.19. The van der Waals surface area contributed by atoms with Crippen LogP contribution in [0.4, 0.5) is 11.5 Å². The molecule has 1 aromatic heterocycles. The highest BCUT2D eigenvalue weighted by Gasteiger charge is 2.02. The quantitative estimate of drug-likeness (QED) is 0.661. The van der Waals surface area contributed by atoms with E-state index in [-0.39, 0.29) is 0 Å². The molecule has 0 aliphatic carbocycles. The molecule has 0 saturated heterocycles. The van der Waals surface area contributed by atoms with Crippen molar-refractivity contribution in [2.75, 3.05) is 11.5 Å². The molecule has 0 unspecified atom stereocenters. The van der Waals surface area contributed by atoms with Crippen LogP contribution in [0.15, 0.2) is 41.4 Å². The van der Waals surface area contributed by atoms with Gasteiger partial charge in [-0.05, 0) is 29.8 Å². The van der Waals surface area contributed by atoms with Gasteiger partial charge in [-0.1, -0.05) is 17.7 Å². The van der Waals surface area contributed by atoms with Gasteiger partial charge in [-0.3, -0.25) is 0 Å². The number of anilines is 2. The summed E-state index contributed by atoms with van der Waals surface area (Å²) in [5.41, 5.74) is 12.9. The highest BCUT2D eigenvalue weighted by molar-refractivity contribution is 7.98. The summed E-state index contributed by atoms with van der Waals surface area (Å²) >= 11 is 7.73. The molecule has 0 aliphatic heterocycles. The molecule has 2 rings (SSSR count). The summed E-state index contributed by atoms with van der Waals surface area (Å²) in [5, 5.41) is 0.679. The van der Waals surface area contributed by atoms with Gasteiger partial charge >= 0.3 is 0 Å². The molecule has 0 atom stereocenters. The summed E-state index contributed by atoms with van der Waals surface area (Å²) in [6.45, 7) is 0. The Morgan fingerprint density at radius 1 is 1.18 bits per heavy atom. The SMILES string of the molecule is Nc1ccc(SCc2ccc(N)nc2)c(Cl)c1. The van der Waals surface area contributed by atoms with E-state index in [0.717, 1.165) is 16.2 Å². The third-order valence-corrected chi connectivity index (χ3v) is 3.77. The molecule has 0 bridgehead atoms. The number of benzene rings is 1. The molecular formula is C12H12ClN3S. The lowest BCUT2D eigenvalue weighted by atomic mass is 10.3. The molecule has 0 saturated carbocycles. The molecule has 5 heteroatoms. The molecule has 0 radical (unpaired) electrons. The minimum Gasteiger partial charge on any atom is -0.399 e. The minimum absolute atomic E-state index is 0.532. The average Bonchev–Trinajstić information content (AvgIpc) is 2.30. The molecule has 17 heavy (non-hydrogen) atoms. The maximum Gasteiger partial charge on any atom is 0.123 e. The Hall–Kier alpha value is -1.39. The van der Waals surface area contributed by atoms with Gasteiger partial charge in [0.2, 0.25) is 0 Å². The number of rotatable bonds is 3. The van der Waals surface area contributed by atoms with Gasteiger partial charge in [0.1, 0.15) is 5.82 Å². The van der Waals surface area contributed by atoms with Crippen LogP contribution in [-0.2, 0) is 5.75 Å². The van der Waals surface area contributed by atoms with Gasteiger partial charge in [0.15, 0.2) is 0 Å². The third-order valence-electron chi connectivity index (χ3n) is 2.20. The summed E-state index contributed by atoms with van der Waals surface area (Å²) < 4.78 is 0. The first-order valence-electron chi connectivity index (χ1n) is 5.03. The molecule has 0 aliphatic rings. The summed E-state index contributed by atoms with van der Waals surface area (Å²) in [6, 6.07) is 9.27. The van der Waals surface area contributed by atoms with E-state index in [0.29, 0.717) is 16.5 Å². The molecular weight excluding hydrogens is 254 g/mol. The van der Waals surface area contributed by atoms with Gasteiger partial charge in [0.05, 0.1) is 5.02 Å². The fourth-order valence-corrected chi connectivity index (χ4v) is 2.52. The van der Waals surface area contributed by atoms with E-state index in [4.69, 9.17) is 23.1 Å². The van der Waals surface area contributed by atoms with Gasteiger partial charge in [0.25, 0.3) is 0 Å². The molecule has 0 amide bonds. The summed E-state index contributed by atoms with van der Waals surface area (Å²) in [4.78, 5) is 5.05. The van der Waals surface area contributed by atoms with Crippen molar-refractivity contribution in [2.45, 2.75) is 10.6 Å². The average molecular weight is 266 g/mol. The van der Waals surface area contributed by atoms with Crippen LogP contribution in [0.25, 0.3) is 0 Å². The number of nitrogens with two attached hydrogens (primary N) is 2. The van der Waals surface area contributed by atoms with E-state index >= 15 is 0 Å². The van der Waals surface area contributed by atoms with Crippen molar-refractivity contribution in [3.05, 3.63) is 47.1 Å². The zero-order chi connectivity index (χ0) is 12.3. The van der Waals surface area contributed by atoms with Gasteiger partial charge in [0, 0.05) is 22.5 Å². The maximum atomic E-state index is 6.08. The van der Waals surface area contributed by atoms with Crippen LogP contribution in [0.3, 0.4) is 0 Å². The summed E-state index contributed by atoms with van der Waals surface area (Å²) in [5.74, 6) is 1.33. The second kappa shape index (κ2) is 5.29. The Bertz CT molecular complexity index is 514. The van der Waals surface area contributed by atoms with Crippen molar-refractivity contribution in [3.63, 3.8) is 0 Å². The fourth-order valence-electron chi connectivity index (χ4n) is 1.32. The number of pyridine rings is 1. The van der Waals surface area contributed by atoms with E-state index in [1.54, 1.807) is 30.1 Å². The van der Waals surface area contributed by atoms with Gasteiger partial charge in [-0.2, -0.15) is 0 Å². The standard InChI is InChI=1S/C12H12ClN3S/c13-10-5-9(14)2-3-11(10)17-7-8-1-4-12(15)16-6-8/h1-6H,7,14H2,(H2,15,16). The van der Waals surface area contributed by atoms with Crippen LogP contribution < -0.4 is 11.5 Å². The van der Waals surface area contributed by atoms with E-state index in [1.165, 1.54) is 0 Å². The van der Waals surface area contributed by atoms with Gasteiger partial charge in [-0.15, -0.1) is 11.8 Å². The topological polar surface area (TPSA) is 64.9 Å². The molecule has 88 valence electrons. The highest BCUT2D eigenvalue weighted by atomic mass is 35.5. The van der Waals surface area contributed by atoms with E-state index in [1.807, 2.05) is 18.2 Å². The molecule has 0 spiro atoms. The Morgan fingerprint density at radius 3 is 2.65 bits per heavy atom. The molecule has 1 heterocycles. The van der Waals surface area contributed by atoms with Crippen LogP contribution >= 0.6 is 23.4 Å². The number of hydrogen-bond acceptors (Lipinski definition) is 4. The smallest absolute Gasteiger partial charge is 0.123 e. The Labute approximate surface area is 109 Å². The molecule has 3 nitrogen and oxygen atoms in total. The summed E-state index contributed by atoms with van der Waals surface area (Å²) in [6.07, 6.45) is 1.77. The molecule has 0 fully saturated rings. The first kappa shape index (κ1) is 12.1. The Morgan fingerprint density at radius 2 is 2.00 bits per heavy atom. The fraction of sp³-hybridized carbons (Fsp3) is 0.0833. The number of nitrogens with zero attached hydrogens (tertiary/aromatic N) is 1. The lowest BCUT2D eigenvalue weighted by Crippen LogP contribution is -1.90. The first-order valence-corrected chi connectivity index (χ1v) is 6.40. The Kier molecular flexibility index (Phi) is 3.76. The number of hydrogen-bond donors (Lipinski definition) is 2. The molecule has 2 aromatic rings. The predicted molar refractivity (Wildman–Crippen MR) is 74.1 cm³/mol. The first-order chi connectivity index (χ1) is 8.15. The normalized spacial score (nSPS) is 10.4. The van der Waals surface area contributed by atoms with Gasteiger partial charge in [-0.25, -0.2) is 4.98 Å². The van der Waals surface area contributed by atoms with Gasteiger partial charge < -0.3 is 11.5 Å². The highest BCUT2D eigenvalue weighted by Crippen LogP contribution is 2.30. The number of aromatic nitrogens is 1. The Balaban J connectivity index is 2.04. The lowest BCUT2D eigenvalue weighted by molar-refractivity contribution is 1.26. The van der Waals surface area contributed by atoms with Crippen LogP contribution in [0, 0.1) is 0 Å². The van der Waals surface area contributed by atoms with Crippen LogP contribution in [0.5, 0.6) is 0 Å². The second-order valence-electron chi connectivity index (χ2n) is 3.57. The van der Waals surface area contributed by atoms with Crippen molar-refractivity contribution in [1.29, 1.82) is 0 Å². The number of nitrogen functional groups attached to an aromatic ring is 2. The van der Waals surface area contributed by atoms with Crippen LogP contribution in [-0.4, -0.2) is 4.98 Å². The third kappa shape index (κ3) is 3.28. The van der Waals surface area contributed by atoms with Crippen molar-refractivity contribution in [1.82, 2.24) is 4.98 Å². The number of halogens is 1. The van der Waals surface area contributed by atoms with E-state index in [9.17, 15) is 0 Å². The van der Waals surface area contributed by atoms with Crippen LogP contribution in [0.2, 0.25) is 5.02 Å².